The van der Waals surface area contributed by atoms with Gasteiger partial charge >= 0.3 is 0 Å². The molecule has 0 aliphatic rings. The maximum atomic E-state index is 12.3. The van der Waals surface area contributed by atoms with E-state index in [1.807, 2.05) is 24.3 Å². The van der Waals surface area contributed by atoms with Crippen LogP contribution in [0.3, 0.4) is 0 Å². The Balaban J connectivity index is 1.74. The summed E-state index contributed by atoms with van der Waals surface area (Å²) < 4.78 is 6.55. The lowest BCUT2D eigenvalue weighted by Crippen LogP contribution is -2.20. The fraction of sp³-hybridized carbons (Fsp3) is 0.133. The molecular formula is C15H14N6O2. The third-order valence-corrected chi connectivity index (χ3v) is 3.13. The fourth-order valence-corrected chi connectivity index (χ4v) is 1.99. The molecule has 0 aliphatic heterocycles. The number of carbonyl (C=O) groups is 1. The number of amides is 1. The maximum absolute atomic E-state index is 12.3. The molecule has 0 unspecified atom stereocenters. The van der Waals surface area contributed by atoms with E-state index in [2.05, 4.69) is 25.8 Å². The van der Waals surface area contributed by atoms with E-state index in [1.165, 1.54) is 4.68 Å². The smallest absolute Gasteiger partial charge is 0.296 e. The fourth-order valence-electron chi connectivity index (χ4n) is 1.99. The second kappa shape index (κ2) is 6.65. The van der Waals surface area contributed by atoms with Crippen LogP contribution in [0.4, 0.5) is 5.82 Å². The Morgan fingerprint density at radius 3 is 2.74 bits per heavy atom. The predicted molar refractivity (Wildman–Crippen MR) is 82.1 cm³/mol. The van der Waals surface area contributed by atoms with Crippen molar-refractivity contribution in [3.63, 3.8) is 0 Å². The molecule has 2 aromatic heterocycles. The van der Waals surface area contributed by atoms with Crippen molar-refractivity contribution in [2.24, 2.45) is 0 Å². The molecule has 0 bridgehead atoms. The zero-order chi connectivity index (χ0) is 16.1. The summed E-state index contributed by atoms with van der Waals surface area (Å²) in [6, 6.07) is 12.7. The Bertz CT molecular complexity index is 785. The van der Waals surface area contributed by atoms with Crippen LogP contribution in [0.25, 0.3) is 0 Å². The van der Waals surface area contributed by atoms with Gasteiger partial charge in [-0.1, -0.05) is 18.2 Å². The standard InChI is InChI=1S/C15H14N6O2/c1-23-12-7-5-11(6-8-12)10-21-14(18-19-20-21)15(22)17-13-4-2-3-9-16-13/h2-9H,10H2,1H3,(H,16,17,22). The largest absolute Gasteiger partial charge is 0.497 e. The van der Waals surface area contributed by atoms with E-state index in [9.17, 15) is 4.79 Å². The van der Waals surface area contributed by atoms with E-state index < -0.39 is 5.91 Å². The van der Waals surface area contributed by atoms with E-state index in [0.717, 1.165) is 11.3 Å². The van der Waals surface area contributed by atoms with Crippen molar-refractivity contribution in [3.8, 4) is 5.75 Å². The molecule has 8 nitrogen and oxygen atoms in total. The molecule has 2 heterocycles. The minimum atomic E-state index is -0.415. The highest BCUT2D eigenvalue weighted by Gasteiger charge is 2.16. The molecule has 0 saturated carbocycles. The summed E-state index contributed by atoms with van der Waals surface area (Å²) in [5, 5.41) is 13.9. The van der Waals surface area contributed by atoms with Gasteiger partial charge in [0.1, 0.15) is 11.6 Å². The number of pyridine rings is 1. The van der Waals surface area contributed by atoms with Gasteiger partial charge in [-0.2, -0.15) is 0 Å². The number of tetrazole rings is 1. The first kappa shape index (κ1) is 14.6. The lowest BCUT2D eigenvalue weighted by molar-refractivity contribution is 0.101. The Kier molecular flexibility index (Phi) is 4.23. The average Bonchev–Trinajstić information content (AvgIpc) is 3.05. The van der Waals surface area contributed by atoms with E-state index in [1.54, 1.807) is 31.5 Å². The Labute approximate surface area is 132 Å². The number of benzene rings is 1. The highest BCUT2D eigenvalue weighted by molar-refractivity contribution is 6.00. The van der Waals surface area contributed by atoms with Crippen LogP contribution < -0.4 is 10.1 Å². The van der Waals surface area contributed by atoms with Crippen LogP contribution in [0.1, 0.15) is 16.2 Å². The first-order valence-electron chi connectivity index (χ1n) is 6.88. The van der Waals surface area contributed by atoms with Crippen LogP contribution in [-0.4, -0.2) is 38.2 Å². The van der Waals surface area contributed by atoms with Gasteiger partial charge in [0.15, 0.2) is 0 Å². The van der Waals surface area contributed by atoms with Crippen molar-refractivity contribution in [1.29, 1.82) is 0 Å². The Hall–Kier alpha value is -3.29. The molecule has 0 spiro atoms. The highest BCUT2D eigenvalue weighted by Crippen LogP contribution is 2.12. The number of nitrogens with zero attached hydrogens (tertiary/aromatic N) is 5. The monoisotopic (exact) mass is 310 g/mol. The van der Waals surface area contributed by atoms with Crippen molar-refractivity contribution in [1.82, 2.24) is 25.2 Å². The summed E-state index contributed by atoms with van der Waals surface area (Å²) in [4.78, 5) is 16.3. The molecule has 0 atom stereocenters. The SMILES string of the molecule is COc1ccc(Cn2nnnc2C(=O)Nc2ccccn2)cc1. The molecule has 1 amide bonds. The van der Waals surface area contributed by atoms with Crippen LogP contribution in [0.5, 0.6) is 5.75 Å². The van der Waals surface area contributed by atoms with E-state index >= 15 is 0 Å². The number of methoxy groups -OCH3 is 1. The molecule has 0 aliphatic carbocycles. The summed E-state index contributed by atoms with van der Waals surface area (Å²) in [5.41, 5.74) is 0.949. The minimum absolute atomic E-state index is 0.117. The zero-order valence-electron chi connectivity index (χ0n) is 12.4. The highest BCUT2D eigenvalue weighted by atomic mass is 16.5. The molecule has 1 N–H and O–H groups in total. The molecular weight excluding hydrogens is 296 g/mol. The molecule has 0 saturated heterocycles. The lowest BCUT2D eigenvalue weighted by Gasteiger charge is -2.06. The zero-order valence-corrected chi connectivity index (χ0v) is 12.4. The molecule has 23 heavy (non-hydrogen) atoms. The van der Waals surface area contributed by atoms with Crippen molar-refractivity contribution >= 4 is 11.7 Å². The van der Waals surface area contributed by atoms with Gasteiger partial charge in [-0.3, -0.25) is 4.79 Å². The normalized spacial score (nSPS) is 10.3. The first-order valence-corrected chi connectivity index (χ1v) is 6.88. The van der Waals surface area contributed by atoms with Crippen LogP contribution >= 0.6 is 0 Å². The molecule has 8 heteroatoms. The molecule has 116 valence electrons. The van der Waals surface area contributed by atoms with E-state index in [4.69, 9.17) is 4.74 Å². The summed E-state index contributed by atoms with van der Waals surface area (Å²) in [7, 11) is 1.61. The van der Waals surface area contributed by atoms with Gasteiger partial charge in [0.05, 0.1) is 13.7 Å². The number of carbonyl (C=O) groups excluding carboxylic acids is 1. The first-order chi connectivity index (χ1) is 11.3. The third kappa shape index (κ3) is 3.49. The number of hydrogen-bond donors (Lipinski definition) is 1. The number of hydrogen-bond acceptors (Lipinski definition) is 6. The topological polar surface area (TPSA) is 94.8 Å². The number of aromatic nitrogens is 5. The maximum Gasteiger partial charge on any atom is 0.296 e. The summed E-state index contributed by atoms with van der Waals surface area (Å²) in [6.07, 6.45) is 1.59. The van der Waals surface area contributed by atoms with Gasteiger partial charge in [0.25, 0.3) is 5.91 Å². The molecule has 3 rings (SSSR count). The number of rotatable bonds is 5. The summed E-state index contributed by atoms with van der Waals surface area (Å²) >= 11 is 0. The second-order valence-corrected chi connectivity index (χ2v) is 4.68. The van der Waals surface area contributed by atoms with Gasteiger partial charge in [-0.05, 0) is 40.3 Å². The van der Waals surface area contributed by atoms with Gasteiger partial charge in [0.2, 0.25) is 5.82 Å². The Morgan fingerprint density at radius 1 is 1.22 bits per heavy atom. The van der Waals surface area contributed by atoms with Gasteiger partial charge in [0, 0.05) is 6.20 Å². The van der Waals surface area contributed by atoms with Crippen LogP contribution in [-0.2, 0) is 6.54 Å². The summed E-state index contributed by atoms with van der Waals surface area (Å²) in [6.45, 7) is 0.377. The van der Waals surface area contributed by atoms with Gasteiger partial charge in [-0.15, -0.1) is 5.10 Å². The number of nitrogens with one attached hydrogen (secondary N) is 1. The third-order valence-electron chi connectivity index (χ3n) is 3.13. The van der Waals surface area contributed by atoms with E-state index in [0.29, 0.717) is 12.4 Å². The van der Waals surface area contributed by atoms with Crippen molar-refractivity contribution in [2.45, 2.75) is 6.54 Å². The molecule has 0 fully saturated rings. The minimum Gasteiger partial charge on any atom is -0.497 e. The predicted octanol–water partition coefficient (Wildman–Crippen LogP) is 1.38. The quantitative estimate of drug-likeness (QED) is 0.765. The molecule has 0 radical (unpaired) electrons. The lowest BCUT2D eigenvalue weighted by atomic mass is 10.2. The average molecular weight is 310 g/mol. The van der Waals surface area contributed by atoms with Gasteiger partial charge in [-0.25, -0.2) is 9.67 Å². The van der Waals surface area contributed by atoms with Crippen molar-refractivity contribution in [3.05, 3.63) is 60.0 Å². The molecule has 3 aromatic rings. The Morgan fingerprint density at radius 2 is 2.04 bits per heavy atom. The van der Waals surface area contributed by atoms with Crippen LogP contribution in [0.2, 0.25) is 0 Å². The van der Waals surface area contributed by atoms with Crippen molar-refractivity contribution < 1.29 is 9.53 Å². The van der Waals surface area contributed by atoms with Gasteiger partial charge < -0.3 is 10.1 Å². The number of ether oxygens (including phenoxy) is 1. The number of anilines is 1. The van der Waals surface area contributed by atoms with Crippen LogP contribution in [0, 0.1) is 0 Å². The molecule has 1 aromatic carbocycles. The summed E-state index contributed by atoms with van der Waals surface area (Å²) in [5.74, 6) is 0.906. The second-order valence-electron chi connectivity index (χ2n) is 4.68. The van der Waals surface area contributed by atoms with Crippen LogP contribution in [0.15, 0.2) is 48.7 Å². The van der Waals surface area contributed by atoms with E-state index in [-0.39, 0.29) is 5.82 Å². The van der Waals surface area contributed by atoms with Crippen molar-refractivity contribution in [2.75, 3.05) is 12.4 Å².